The number of aryl methyl sites for hydroxylation is 8. The Morgan fingerprint density at radius 2 is 0.750 bits per heavy atom. The van der Waals surface area contributed by atoms with Crippen molar-refractivity contribution in [2.24, 2.45) is 0 Å². The van der Waals surface area contributed by atoms with Gasteiger partial charge in [0.1, 0.15) is 0 Å². The van der Waals surface area contributed by atoms with Gasteiger partial charge < -0.3 is 0 Å². The SMILES string of the molecule is Cc1cc(C)c(-c2sc3c(C)c(-c4c(C)cc(C)cc4C)sc3c2C)c(C)c1. The number of thiophene rings is 2. The van der Waals surface area contributed by atoms with E-state index >= 15 is 0 Å². The van der Waals surface area contributed by atoms with Crippen LogP contribution in [0.4, 0.5) is 0 Å². The first-order valence-electron chi connectivity index (χ1n) is 9.88. The summed E-state index contributed by atoms with van der Waals surface area (Å²) >= 11 is 3.96. The summed E-state index contributed by atoms with van der Waals surface area (Å²) in [7, 11) is 0. The predicted octanol–water partition coefficient (Wildman–Crippen LogP) is 8.76. The Bertz CT molecular complexity index is 1090. The molecule has 0 aliphatic rings. The van der Waals surface area contributed by atoms with Crippen LogP contribution in [0.15, 0.2) is 24.3 Å². The molecule has 0 unspecified atom stereocenters. The highest BCUT2D eigenvalue weighted by Gasteiger charge is 2.21. The van der Waals surface area contributed by atoms with Crippen molar-refractivity contribution in [2.45, 2.75) is 55.4 Å². The van der Waals surface area contributed by atoms with Gasteiger partial charge in [0, 0.05) is 19.2 Å². The molecule has 4 aromatic rings. The van der Waals surface area contributed by atoms with Crippen molar-refractivity contribution in [3.8, 4) is 20.9 Å². The van der Waals surface area contributed by atoms with Crippen molar-refractivity contribution < 1.29 is 0 Å². The maximum atomic E-state index is 2.31. The minimum Gasteiger partial charge on any atom is -0.134 e. The molecule has 0 saturated heterocycles. The summed E-state index contributed by atoms with van der Waals surface area (Å²) in [5, 5.41) is 0. The van der Waals surface area contributed by atoms with E-state index in [1.807, 2.05) is 22.7 Å². The molecule has 0 atom stereocenters. The molecule has 0 nitrogen and oxygen atoms in total. The molecule has 4 rings (SSSR count). The highest BCUT2D eigenvalue weighted by atomic mass is 32.1. The van der Waals surface area contributed by atoms with Gasteiger partial charge in [-0.2, -0.15) is 0 Å². The minimum absolute atomic E-state index is 1.35. The van der Waals surface area contributed by atoms with Gasteiger partial charge in [-0.3, -0.25) is 0 Å². The molecule has 0 aliphatic carbocycles. The molecule has 144 valence electrons. The second kappa shape index (κ2) is 6.86. The summed E-state index contributed by atoms with van der Waals surface area (Å²) in [6, 6.07) is 9.25. The molecule has 2 heterocycles. The molecule has 0 spiro atoms. The Kier molecular flexibility index (Phi) is 4.76. The molecule has 2 heteroatoms. The molecular formula is C26H28S2. The summed E-state index contributed by atoms with van der Waals surface area (Å²) in [6.07, 6.45) is 0. The van der Waals surface area contributed by atoms with Crippen molar-refractivity contribution >= 4 is 32.1 Å². The van der Waals surface area contributed by atoms with Crippen LogP contribution in [0, 0.1) is 55.4 Å². The van der Waals surface area contributed by atoms with E-state index in [0.29, 0.717) is 0 Å². The lowest BCUT2D eigenvalue weighted by Crippen LogP contribution is -1.90. The first-order chi connectivity index (χ1) is 13.2. The van der Waals surface area contributed by atoms with Crippen molar-refractivity contribution in [2.75, 3.05) is 0 Å². The predicted molar refractivity (Wildman–Crippen MR) is 128 cm³/mol. The third-order valence-electron chi connectivity index (χ3n) is 5.79. The first kappa shape index (κ1) is 19.4. The lowest BCUT2D eigenvalue weighted by atomic mass is 9.96. The Morgan fingerprint density at radius 3 is 1.04 bits per heavy atom. The Morgan fingerprint density at radius 1 is 0.464 bits per heavy atom. The molecule has 0 radical (unpaired) electrons. The second-order valence-electron chi connectivity index (χ2n) is 8.32. The highest BCUT2D eigenvalue weighted by Crippen LogP contribution is 2.50. The van der Waals surface area contributed by atoms with E-state index in [9.17, 15) is 0 Å². The Balaban J connectivity index is 1.96. The average molecular weight is 405 g/mol. The minimum atomic E-state index is 1.35. The summed E-state index contributed by atoms with van der Waals surface area (Å²) < 4.78 is 2.93. The molecule has 2 aromatic carbocycles. The molecule has 0 N–H and O–H groups in total. The zero-order valence-corrected chi connectivity index (χ0v) is 19.8. The van der Waals surface area contributed by atoms with Crippen LogP contribution in [0.1, 0.15) is 44.5 Å². The lowest BCUT2D eigenvalue weighted by Gasteiger charge is -2.12. The quantitative estimate of drug-likeness (QED) is 0.313. The molecular weight excluding hydrogens is 376 g/mol. The first-order valence-corrected chi connectivity index (χ1v) is 11.5. The maximum absolute atomic E-state index is 2.31. The summed E-state index contributed by atoms with van der Waals surface area (Å²) in [5.74, 6) is 0. The van der Waals surface area contributed by atoms with Gasteiger partial charge in [0.25, 0.3) is 0 Å². The van der Waals surface area contributed by atoms with Gasteiger partial charge in [0.05, 0.1) is 0 Å². The van der Waals surface area contributed by atoms with E-state index in [1.54, 1.807) is 0 Å². The largest absolute Gasteiger partial charge is 0.134 e. The van der Waals surface area contributed by atoms with E-state index in [4.69, 9.17) is 0 Å². The van der Waals surface area contributed by atoms with E-state index in [-0.39, 0.29) is 0 Å². The van der Waals surface area contributed by atoms with Gasteiger partial charge in [-0.1, -0.05) is 35.4 Å². The van der Waals surface area contributed by atoms with E-state index in [0.717, 1.165) is 0 Å². The van der Waals surface area contributed by atoms with Gasteiger partial charge in [-0.05, 0) is 99.9 Å². The molecule has 2 aromatic heterocycles. The monoisotopic (exact) mass is 404 g/mol. The fourth-order valence-electron chi connectivity index (χ4n) is 4.70. The Hall–Kier alpha value is -1.90. The van der Waals surface area contributed by atoms with Crippen LogP contribution < -0.4 is 0 Å². The van der Waals surface area contributed by atoms with Gasteiger partial charge in [0.15, 0.2) is 0 Å². The van der Waals surface area contributed by atoms with Crippen LogP contribution in [0.5, 0.6) is 0 Å². The molecule has 0 aliphatic heterocycles. The van der Waals surface area contributed by atoms with Crippen molar-refractivity contribution in [3.05, 3.63) is 68.8 Å². The number of rotatable bonds is 2. The van der Waals surface area contributed by atoms with Crippen LogP contribution in [0.3, 0.4) is 0 Å². The van der Waals surface area contributed by atoms with E-state index in [2.05, 4.69) is 79.7 Å². The van der Waals surface area contributed by atoms with Crippen molar-refractivity contribution in [3.63, 3.8) is 0 Å². The molecule has 0 amide bonds. The average Bonchev–Trinajstić information content (AvgIpc) is 3.05. The summed E-state index contributed by atoms with van der Waals surface area (Å²) in [6.45, 7) is 18.0. The van der Waals surface area contributed by atoms with Crippen LogP contribution >= 0.6 is 22.7 Å². The third kappa shape index (κ3) is 2.94. The summed E-state index contributed by atoms with van der Waals surface area (Å²) in [5.41, 5.74) is 14.0. The fourth-order valence-corrected chi connectivity index (χ4v) is 7.85. The van der Waals surface area contributed by atoms with Crippen LogP contribution in [-0.4, -0.2) is 0 Å². The Labute approximate surface area is 176 Å². The number of hydrogen-bond donors (Lipinski definition) is 0. The van der Waals surface area contributed by atoms with Gasteiger partial charge in [-0.15, -0.1) is 22.7 Å². The zero-order valence-electron chi connectivity index (χ0n) is 18.1. The van der Waals surface area contributed by atoms with Gasteiger partial charge >= 0.3 is 0 Å². The molecule has 28 heavy (non-hydrogen) atoms. The smallest absolute Gasteiger partial charge is 0.0495 e. The molecule has 0 saturated carbocycles. The van der Waals surface area contributed by atoms with Crippen LogP contribution in [0.2, 0.25) is 0 Å². The second-order valence-corrected chi connectivity index (χ2v) is 10.4. The molecule has 0 bridgehead atoms. The zero-order chi connectivity index (χ0) is 20.3. The van der Waals surface area contributed by atoms with E-state index in [1.165, 1.54) is 74.8 Å². The maximum Gasteiger partial charge on any atom is 0.0495 e. The number of benzene rings is 2. The summed E-state index contributed by atoms with van der Waals surface area (Å²) in [4.78, 5) is 2.89. The van der Waals surface area contributed by atoms with Crippen LogP contribution in [-0.2, 0) is 0 Å². The van der Waals surface area contributed by atoms with Crippen molar-refractivity contribution in [1.82, 2.24) is 0 Å². The van der Waals surface area contributed by atoms with Gasteiger partial charge in [-0.25, -0.2) is 0 Å². The fraction of sp³-hybridized carbons (Fsp3) is 0.308. The topological polar surface area (TPSA) is 0 Å². The standard InChI is InChI=1S/C26H28S2/c1-13-9-15(3)21(16(4)10-13)23-19(7)25-26(27-23)20(8)24(28-25)22-17(5)11-14(2)12-18(22)6/h9-12H,1-8H3. The highest BCUT2D eigenvalue weighted by molar-refractivity contribution is 7.31. The lowest BCUT2D eigenvalue weighted by molar-refractivity contribution is 1.32. The van der Waals surface area contributed by atoms with Crippen molar-refractivity contribution in [1.29, 1.82) is 0 Å². The van der Waals surface area contributed by atoms with Gasteiger partial charge in [0.2, 0.25) is 0 Å². The number of fused-ring (bicyclic) bond motifs is 1. The van der Waals surface area contributed by atoms with Crippen LogP contribution in [0.25, 0.3) is 30.3 Å². The molecule has 0 fully saturated rings. The normalized spacial score (nSPS) is 11.6. The number of hydrogen-bond acceptors (Lipinski definition) is 2. The van der Waals surface area contributed by atoms with E-state index < -0.39 is 0 Å². The third-order valence-corrected chi connectivity index (χ3v) is 8.77.